The minimum atomic E-state index is -0.112. The molecule has 0 aliphatic carbocycles. The molecular weight excluding hydrogens is 437 g/mol. The summed E-state index contributed by atoms with van der Waals surface area (Å²) in [5, 5.41) is 11.2. The van der Waals surface area contributed by atoms with Gasteiger partial charge in [0.1, 0.15) is 0 Å². The standard InChI is InChI=1S/C17H14IN3O2S/c1-11-6-8-12(9-7-11)16-20-21-17(23-16)24-10-15(22)19-14-5-3-2-4-13(14)18/h2-9H,10H2,1H3,(H,19,22). The molecule has 122 valence electrons. The van der Waals surface area contributed by atoms with Gasteiger partial charge in [0.25, 0.3) is 5.22 Å². The molecule has 0 atom stereocenters. The van der Waals surface area contributed by atoms with Crippen LogP contribution in [0.25, 0.3) is 11.5 Å². The molecule has 0 radical (unpaired) electrons. The number of thioether (sulfide) groups is 1. The van der Waals surface area contributed by atoms with Crippen LogP contribution in [-0.2, 0) is 4.79 Å². The fraction of sp³-hybridized carbons (Fsp3) is 0.118. The van der Waals surface area contributed by atoms with Crippen LogP contribution in [-0.4, -0.2) is 21.9 Å². The Morgan fingerprint density at radius 2 is 1.92 bits per heavy atom. The number of benzene rings is 2. The predicted molar refractivity (Wildman–Crippen MR) is 103 cm³/mol. The number of hydrogen-bond donors (Lipinski definition) is 1. The molecule has 0 fully saturated rings. The zero-order valence-electron chi connectivity index (χ0n) is 12.8. The van der Waals surface area contributed by atoms with Gasteiger partial charge in [0.15, 0.2) is 0 Å². The van der Waals surface area contributed by atoms with Gasteiger partial charge in [0, 0.05) is 9.13 Å². The Labute approximate surface area is 157 Å². The third-order valence-electron chi connectivity index (χ3n) is 3.18. The Hall–Kier alpha value is -1.87. The lowest BCUT2D eigenvalue weighted by molar-refractivity contribution is -0.113. The number of amides is 1. The molecule has 3 aromatic rings. The highest BCUT2D eigenvalue weighted by Crippen LogP contribution is 2.24. The van der Waals surface area contributed by atoms with E-state index in [9.17, 15) is 4.79 Å². The summed E-state index contributed by atoms with van der Waals surface area (Å²) in [6.45, 7) is 2.02. The van der Waals surface area contributed by atoms with Crippen molar-refractivity contribution < 1.29 is 9.21 Å². The zero-order valence-corrected chi connectivity index (χ0v) is 15.8. The lowest BCUT2D eigenvalue weighted by atomic mass is 10.1. The third-order valence-corrected chi connectivity index (χ3v) is 4.94. The Morgan fingerprint density at radius 1 is 1.17 bits per heavy atom. The van der Waals surface area contributed by atoms with Crippen molar-refractivity contribution in [1.82, 2.24) is 10.2 Å². The number of nitrogens with one attached hydrogen (secondary N) is 1. The zero-order chi connectivity index (χ0) is 16.9. The molecule has 0 aliphatic heterocycles. The normalized spacial score (nSPS) is 10.6. The van der Waals surface area contributed by atoms with Crippen LogP contribution in [0.2, 0.25) is 0 Å². The summed E-state index contributed by atoms with van der Waals surface area (Å²) >= 11 is 3.40. The lowest BCUT2D eigenvalue weighted by Gasteiger charge is -2.05. The largest absolute Gasteiger partial charge is 0.411 e. The summed E-state index contributed by atoms with van der Waals surface area (Å²) < 4.78 is 6.59. The average molecular weight is 451 g/mol. The first kappa shape index (κ1) is 17.0. The summed E-state index contributed by atoms with van der Waals surface area (Å²) in [5.74, 6) is 0.551. The van der Waals surface area contributed by atoms with Gasteiger partial charge in [0.05, 0.1) is 11.4 Å². The molecule has 1 amide bonds. The first-order valence-corrected chi connectivity index (χ1v) is 9.26. The number of anilines is 1. The van der Waals surface area contributed by atoms with Gasteiger partial charge in [-0.15, -0.1) is 10.2 Å². The molecule has 0 bridgehead atoms. The maximum atomic E-state index is 12.0. The number of aromatic nitrogens is 2. The lowest BCUT2D eigenvalue weighted by Crippen LogP contribution is -2.14. The van der Waals surface area contributed by atoms with Gasteiger partial charge >= 0.3 is 0 Å². The highest BCUT2D eigenvalue weighted by molar-refractivity contribution is 14.1. The van der Waals surface area contributed by atoms with Crippen molar-refractivity contribution in [3.8, 4) is 11.5 Å². The van der Waals surface area contributed by atoms with E-state index in [2.05, 4.69) is 38.1 Å². The second kappa shape index (κ2) is 7.80. The second-order valence-corrected chi connectivity index (χ2v) is 7.14. The van der Waals surface area contributed by atoms with Crippen LogP contribution in [0.3, 0.4) is 0 Å². The van der Waals surface area contributed by atoms with Crippen molar-refractivity contribution in [3.05, 3.63) is 57.7 Å². The van der Waals surface area contributed by atoms with Gasteiger partial charge in [-0.25, -0.2) is 0 Å². The molecule has 0 saturated heterocycles. The van der Waals surface area contributed by atoms with E-state index in [0.29, 0.717) is 11.1 Å². The predicted octanol–water partition coefficient (Wildman–Crippen LogP) is 4.38. The first-order valence-electron chi connectivity index (χ1n) is 7.19. The van der Waals surface area contributed by atoms with Crippen molar-refractivity contribution in [1.29, 1.82) is 0 Å². The minimum Gasteiger partial charge on any atom is -0.411 e. The molecule has 2 aromatic carbocycles. The Morgan fingerprint density at radius 3 is 2.67 bits per heavy atom. The van der Waals surface area contributed by atoms with Crippen LogP contribution in [0, 0.1) is 10.5 Å². The highest BCUT2D eigenvalue weighted by atomic mass is 127. The van der Waals surface area contributed by atoms with Crippen molar-refractivity contribution in [2.24, 2.45) is 0 Å². The number of carbonyl (C=O) groups is 1. The van der Waals surface area contributed by atoms with Gasteiger partial charge < -0.3 is 9.73 Å². The molecule has 24 heavy (non-hydrogen) atoms. The minimum absolute atomic E-state index is 0.112. The molecule has 5 nitrogen and oxygen atoms in total. The Kier molecular flexibility index (Phi) is 5.52. The van der Waals surface area contributed by atoms with Crippen LogP contribution in [0.1, 0.15) is 5.56 Å². The van der Waals surface area contributed by atoms with Crippen LogP contribution in [0.15, 0.2) is 58.2 Å². The molecule has 0 unspecified atom stereocenters. The molecule has 7 heteroatoms. The topological polar surface area (TPSA) is 68.0 Å². The number of para-hydroxylation sites is 1. The maximum Gasteiger partial charge on any atom is 0.277 e. The fourth-order valence-electron chi connectivity index (χ4n) is 1.96. The summed E-state index contributed by atoms with van der Waals surface area (Å²) in [6.07, 6.45) is 0. The fourth-order valence-corrected chi connectivity index (χ4v) is 3.04. The van der Waals surface area contributed by atoms with Crippen molar-refractivity contribution >= 4 is 45.9 Å². The van der Waals surface area contributed by atoms with Crippen LogP contribution >= 0.6 is 34.4 Å². The molecule has 3 rings (SSSR count). The van der Waals surface area contributed by atoms with Gasteiger partial charge in [-0.2, -0.15) is 0 Å². The Bertz CT molecular complexity index is 849. The monoisotopic (exact) mass is 451 g/mol. The molecular formula is C17H14IN3O2S. The number of halogens is 1. The average Bonchev–Trinajstić information content (AvgIpc) is 3.05. The van der Waals surface area contributed by atoms with Crippen LogP contribution < -0.4 is 5.32 Å². The number of nitrogens with zero attached hydrogens (tertiary/aromatic N) is 2. The van der Waals surface area contributed by atoms with E-state index >= 15 is 0 Å². The summed E-state index contributed by atoms with van der Waals surface area (Å²) in [5.41, 5.74) is 2.83. The molecule has 0 spiro atoms. The number of aryl methyl sites for hydroxylation is 1. The quantitative estimate of drug-likeness (QED) is 0.461. The summed E-state index contributed by atoms with van der Waals surface area (Å²) in [4.78, 5) is 12.0. The third kappa shape index (κ3) is 4.35. The van der Waals surface area contributed by atoms with Crippen LogP contribution in [0.5, 0.6) is 0 Å². The molecule has 1 aromatic heterocycles. The first-order chi connectivity index (χ1) is 11.6. The SMILES string of the molecule is Cc1ccc(-c2nnc(SCC(=O)Nc3ccccc3I)o2)cc1. The van der Waals surface area contributed by atoms with E-state index in [0.717, 1.165) is 14.8 Å². The maximum absolute atomic E-state index is 12.0. The van der Waals surface area contributed by atoms with E-state index in [1.54, 1.807) is 0 Å². The Balaban J connectivity index is 1.58. The molecule has 1 N–H and O–H groups in total. The van der Waals surface area contributed by atoms with E-state index in [-0.39, 0.29) is 11.7 Å². The number of carbonyl (C=O) groups excluding carboxylic acids is 1. The molecule has 0 saturated carbocycles. The van der Waals surface area contributed by atoms with Gasteiger partial charge in [-0.05, 0) is 53.8 Å². The number of hydrogen-bond acceptors (Lipinski definition) is 5. The highest BCUT2D eigenvalue weighted by Gasteiger charge is 2.12. The van der Waals surface area contributed by atoms with E-state index < -0.39 is 0 Å². The van der Waals surface area contributed by atoms with Crippen molar-refractivity contribution in [3.63, 3.8) is 0 Å². The van der Waals surface area contributed by atoms with Crippen LogP contribution in [0.4, 0.5) is 5.69 Å². The van der Waals surface area contributed by atoms with E-state index in [1.165, 1.54) is 17.3 Å². The molecule has 1 heterocycles. The number of rotatable bonds is 5. The van der Waals surface area contributed by atoms with E-state index in [1.807, 2.05) is 55.5 Å². The smallest absolute Gasteiger partial charge is 0.277 e. The van der Waals surface area contributed by atoms with Crippen molar-refractivity contribution in [2.45, 2.75) is 12.1 Å². The van der Waals surface area contributed by atoms with Crippen molar-refractivity contribution in [2.75, 3.05) is 11.1 Å². The van der Waals surface area contributed by atoms with E-state index in [4.69, 9.17) is 4.42 Å². The second-order valence-electron chi connectivity index (χ2n) is 5.06. The summed E-state index contributed by atoms with van der Waals surface area (Å²) in [6, 6.07) is 15.5. The molecule has 0 aliphatic rings. The van der Waals surface area contributed by atoms with Gasteiger partial charge in [-0.3, -0.25) is 4.79 Å². The van der Waals surface area contributed by atoms with Gasteiger partial charge in [-0.1, -0.05) is 41.6 Å². The summed E-state index contributed by atoms with van der Waals surface area (Å²) in [7, 11) is 0. The van der Waals surface area contributed by atoms with Gasteiger partial charge in [0.2, 0.25) is 11.8 Å².